The van der Waals surface area contributed by atoms with Gasteiger partial charge in [0.25, 0.3) is 0 Å². The summed E-state index contributed by atoms with van der Waals surface area (Å²) in [7, 11) is 0. The summed E-state index contributed by atoms with van der Waals surface area (Å²) in [6, 6.07) is 2.96. The highest BCUT2D eigenvalue weighted by Gasteiger charge is 2.20. The van der Waals surface area contributed by atoms with Crippen LogP contribution < -0.4 is 5.32 Å². The summed E-state index contributed by atoms with van der Waals surface area (Å²) < 4.78 is 13.4. The van der Waals surface area contributed by atoms with E-state index in [4.69, 9.17) is 0 Å². The molecule has 1 heterocycles. The zero-order chi connectivity index (χ0) is 10.1. The molecule has 76 valence electrons. The molecule has 2 N–H and O–H groups in total. The van der Waals surface area contributed by atoms with Crippen molar-refractivity contribution in [3.05, 3.63) is 28.0 Å². The van der Waals surface area contributed by atoms with Gasteiger partial charge in [-0.25, -0.2) is 4.39 Å². The largest absolute Gasteiger partial charge is 0.508 e. The van der Waals surface area contributed by atoms with E-state index in [0.717, 1.165) is 31.0 Å². The van der Waals surface area contributed by atoms with Gasteiger partial charge in [-0.15, -0.1) is 0 Å². The van der Waals surface area contributed by atoms with E-state index in [1.54, 1.807) is 6.07 Å². The molecule has 0 spiro atoms. The van der Waals surface area contributed by atoms with Crippen LogP contribution in [0.5, 0.6) is 5.75 Å². The molecule has 1 aromatic rings. The van der Waals surface area contributed by atoms with E-state index < -0.39 is 5.82 Å². The van der Waals surface area contributed by atoms with Crippen LogP contribution in [0.1, 0.15) is 24.4 Å². The highest BCUT2D eigenvalue weighted by atomic mass is 79.9. The van der Waals surface area contributed by atoms with Gasteiger partial charge in [0.05, 0.1) is 4.47 Å². The van der Waals surface area contributed by atoms with Crippen LogP contribution in [0.4, 0.5) is 4.39 Å². The summed E-state index contributed by atoms with van der Waals surface area (Å²) in [5, 5.41) is 12.8. The van der Waals surface area contributed by atoms with Crippen molar-refractivity contribution in [1.29, 1.82) is 0 Å². The normalized spacial score (nSPS) is 21.4. The van der Waals surface area contributed by atoms with Gasteiger partial charge in [0, 0.05) is 17.7 Å². The topological polar surface area (TPSA) is 32.3 Å². The first-order valence-corrected chi connectivity index (χ1v) is 5.39. The first-order valence-electron chi connectivity index (χ1n) is 4.60. The van der Waals surface area contributed by atoms with Crippen LogP contribution in [0.15, 0.2) is 16.6 Å². The number of hydrogen-bond acceptors (Lipinski definition) is 2. The molecule has 1 aromatic carbocycles. The number of halogens is 2. The van der Waals surface area contributed by atoms with Crippen molar-refractivity contribution in [2.24, 2.45) is 0 Å². The number of benzene rings is 1. The average Bonchev–Trinajstić information content (AvgIpc) is 2.64. The lowest BCUT2D eigenvalue weighted by molar-refractivity contribution is 0.450. The Morgan fingerprint density at radius 1 is 1.50 bits per heavy atom. The van der Waals surface area contributed by atoms with Gasteiger partial charge in [-0.2, -0.15) is 0 Å². The molecule has 0 saturated carbocycles. The zero-order valence-corrected chi connectivity index (χ0v) is 9.14. The van der Waals surface area contributed by atoms with Crippen LogP contribution in [0.2, 0.25) is 0 Å². The second-order valence-corrected chi connectivity index (χ2v) is 4.33. The number of hydrogen-bond donors (Lipinski definition) is 2. The molecule has 0 aromatic heterocycles. The summed E-state index contributed by atoms with van der Waals surface area (Å²) in [5.41, 5.74) is 0.774. The second kappa shape index (κ2) is 3.87. The number of aromatic hydroxyl groups is 1. The molecule has 0 bridgehead atoms. The number of phenols is 1. The second-order valence-electron chi connectivity index (χ2n) is 3.47. The van der Waals surface area contributed by atoms with Crippen molar-refractivity contribution < 1.29 is 9.50 Å². The Morgan fingerprint density at radius 2 is 2.29 bits per heavy atom. The number of nitrogens with one attached hydrogen (secondary N) is 1. The maximum Gasteiger partial charge on any atom is 0.141 e. The predicted octanol–water partition coefficient (Wildman–Crippen LogP) is 2.72. The summed E-state index contributed by atoms with van der Waals surface area (Å²) in [6.45, 7) is 0.957. The van der Waals surface area contributed by atoms with Crippen molar-refractivity contribution in [3.63, 3.8) is 0 Å². The summed E-state index contributed by atoms with van der Waals surface area (Å²) >= 11 is 3.11. The van der Waals surface area contributed by atoms with Crippen LogP contribution in [0.3, 0.4) is 0 Å². The summed E-state index contributed by atoms with van der Waals surface area (Å²) in [4.78, 5) is 0. The van der Waals surface area contributed by atoms with Crippen LogP contribution in [-0.4, -0.2) is 11.7 Å². The van der Waals surface area contributed by atoms with Crippen LogP contribution in [-0.2, 0) is 0 Å². The minimum Gasteiger partial charge on any atom is -0.508 e. The Labute approximate surface area is 90.3 Å². The van der Waals surface area contributed by atoms with Gasteiger partial charge in [0.15, 0.2) is 0 Å². The lowest BCUT2D eigenvalue weighted by atomic mass is 10.0. The molecule has 0 unspecified atom stereocenters. The van der Waals surface area contributed by atoms with E-state index in [-0.39, 0.29) is 11.8 Å². The Morgan fingerprint density at radius 3 is 2.93 bits per heavy atom. The van der Waals surface area contributed by atoms with Crippen LogP contribution >= 0.6 is 15.9 Å². The predicted molar refractivity (Wildman–Crippen MR) is 55.7 cm³/mol. The third kappa shape index (κ3) is 1.77. The molecule has 2 rings (SSSR count). The van der Waals surface area contributed by atoms with Crippen LogP contribution in [0.25, 0.3) is 0 Å². The van der Waals surface area contributed by atoms with E-state index in [1.165, 1.54) is 0 Å². The quantitative estimate of drug-likeness (QED) is 0.813. The van der Waals surface area contributed by atoms with Gasteiger partial charge in [-0.1, -0.05) is 0 Å². The van der Waals surface area contributed by atoms with Gasteiger partial charge in [-0.05, 0) is 41.4 Å². The molecule has 4 heteroatoms. The molecule has 1 aliphatic rings. The van der Waals surface area contributed by atoms with Crippen molar-refractivity contribution in [2.75, 3.05) is 6.54 Å². The van der Waals surface area contributed by atoms with E-state index in [9.17, 15) is 9.50 Å². The molecule has 1 aliphatic heterocycles. The summed E-state index contributed by atoms with van der Waals surface area (Å²) in [6.07, 6.45) is 2.09. The Bertz CT molecular complexity index is 350. The average molecular weight is 260 g/mol. The molecule has 1 atom stereocenters. The third-order valence-corrected chi connectivity index (χ3v) is 3.11. The van der Waals surface area contributed by atoms with Gasteiger partial charge >= 0.3 is 0 Å². The number of phenolic OH excluding ortho intramolecular Hbond substituents is 1. The maximum atomic E-state index is 13.0. The van der Waals surface area contributed by atoms with E-state index in [2.05, 4.69) is 21.2 Å². The van der Waals surface area contributed by atoms with Crippen molar-refractivity contribution in [3.8, 4) is 5.75 Å². The smallest absolute Gasteiger partial charge is 0.141 e. The minimum absolute atomic E-state index is 0.0325. The zero-order valence-electron chi connectivity index (χ0n) is 7.56. The molecular formula is C10H11BrFNO. The lowest BCUT2D eigenvalue weighted by Gasteiger charge is -2.13. The van der Waals surface area contributed by atoms with Gasteiger partial charge in [0.2, 0.25) is 0 Å². The minimum atomic E-state index is -0.427. The van der Waals surface area contributed by atoms with E-state index in [1.807, 2.05) is 0 Å². The highest BCUT2D eigenvalue weighted by Crippen LogP contribution is 2.33. The van der Waals surface area contributed by atoms with Crippen molar-refractivity contribution >= 4 is 15.9 Å². The Kier molecular flexibility index (Phi) is 2.74. The van der Waals surface area contributed by atoms with Crippen molar-refractivity contribution in [1.82, 2.24) is 5.32 Å². The molecule has 1 saturated heterocycles. The molecule has 0 amide bonds. The molecule has 14 heavy (non-hydrogen) atoms. The van der Waals surface area contributed by atoms with E-state index >= 15 is 0 Å². The van der Waals surface area contributed by atoms with Gasteiger partial charge in [0.1, 0.15) is 11.6 Å². The standard InChI is InChI=1S/C10H11BrFNO/c11-7-4-6(9-2-1-3-13-9)10(14)5-8(7)12/h4-5,9,13-14H,1-3H2/t9-/m0/s1. The van der Waals surface area contributed by atoms with E-state index in [0.29, 0.717) is 4.47 Å². The summed E-state index contributed by atoms with van der Waals surface area (Å²) in [5.74, 6) is -0.394. The maximum absolute atomic E-state index is 13.0. The lowest BCUT2D eigenvalue weighted by Crippen LogP contribution is -2.13. The highest BCUT2D eigenvalue weighted by molar-refractivity contribution is 9.10. The monoisotopic (exact) mass is 259 g/mol. The fourth-order valence-corrected chi connectivity index (χ4v) is 2.14. The fourth-order valence-electron chi connectivity index (χ4n) is 1.78. The van der Waals surface area contributed by atoms with Gasteiger partial charge < -0.3 is 10.4 Å². The Balaban J connectivity index is 2.37. The van der Waals surface area contributed by atoms with Gasteiger partial charge in [-0.3, -0.25) is 0 Å². The van der Waals surface area contributed by atoms with Crippen LogP contribution in [0, 0.1) is 5.82 Å². The number of rotatable bonds is 1. The van der Waals surface area contributed by atoms with Crippen molar-refractivity contribution in [2.45, 2.75) is 18.9 Å². The molecule has 0 aliphatic carbocycles. The molecule has 0 radical (unpaired) electrons. The molecule has 1 fully saturated rings. The first-order chi connectivity index (χ1) is 6.68. The Hall–Kier alpha value is -0.610. The molecule has 2 nitrogen and oxygen atoms in total. The SMILES string of the molecule is Oc1cc(F)c(Br)cc1[C@@H]1CCCN1. The fraction of sp³-hybridized carbons (Fsp3) is 0.400. The first kappa shape index (κ1) is 9.93. The third-order valence-electron chi connectivity index (χ3n) is 2.51. The molecular weight excluding hydrogens is 249 g/mol.